The normalized spacial score (nSPS) is 10.1. The Kier molecular flexibility index (Phi) is 3.53. The first-order valence-electron chi connectivity index (χ1n) is 5.13. The van der Waals surface area contributed by atoms with E-state index in [1.807, 2.05) is 6.07 Å². The van der Waals surface area contributed by atoms with Crippen molar-refractivity contribution in [3.05, 3.63) is 52.5 Å². The summed E-state index contributed by atoms with van der Waals surface area (Å²) in [6.45, 7) is 0. The zero-order chi connectivity index (χ0) is 13.1. The summed E-state index contributed by atoms with van der Waals surface area (Å²) < 4.78 is 5.83. The molecule has 0 aliphatic carbocycles. The van der Waals surface area contributed by atoms with Crippen molar-refractivity contribution in [3.8, 4) is 11.5 Å². The molecule has 0 atom stereocenters. The molecule has 2 aromatic rings. The van der Waals surface area contributed by atoms with E-state index in [2.05, 4.69) is 15.9 Å². The summed E-state index contributed by atoms with van der Waals surface area (Å²) in [7, 11) is 0. The van der Waals surface area contributed by atoms with Gasteiger partial charge in [0.1, 0.15) is 17.1 Å². The first-order chi connectivity index (χ1) is 8.58. The molecule has 0 fully saturated rings. The van der Waals surface area contributed by atoms with Gasteiger partial charge in [-0.05, 0) is 40.2 Å². The number of nitrogen functional groups attached to an aromatic ring is 1. The second kappa shape index (κ2) is 5.10. The Labute approximate surface area is 112 Å². The van der Waals surface area contributed by atoms with Gasteiger partial charge in [-0.15, -0.1) is 0 Å². The zero-order valence-corrected chi connectivity index (χ0v) is 10.8. The number of aromatic hydroxyl groups is 1. The molecule has 18 heavy (non-hydrogen) atoms. The molecule has 0 amide bonds. The molecule has 0 saturated carbocycles. The largest absolute Gasteiger partial charge is 0.507 e. The lowest BCUT2D eigenvalue weighted by molar-refractivity contribution is 0.0730. The number of hydrogen-bond acceptors (Lipinski definition) is 4. The zero-order valence-electron chi connectivity index (χ0n) is 9.26. The van der Waals surface area contributed by atoms with Crippen LogP contribution in [0.25, 0.3) is 0 Å². The van der Waals surface area contributed by atoms with Gasteiger partial charge >= 0.3 is 5.97 Å². The molecule has 0 unspecified atom stereocenters. The number of benzene rings is 2. The van der Waals surface area contributed by atoms with Crippen LogP contribution in [0.2, 0.25) is 0 Å². The average molecular weight is 308 g/mol. The van der Waals surface area contributed by atoms with Crippen molar-refractivity contribution in [1.29, 1.82) is 0 Å². The van der Waals surface area contributed by atoms with Crippen molar-refractivity contribution < 1.29 is 14.6 Å². The fourth-order valence-electron chi connectivity index (χ4n) is 1.40. The molecule has 0 radical (unpaired) electrons. The SMILES string of the molecule is Nc1ccc(C(=O)Oc2ccccc2Br)c(O)c1. The lowest BCUT2D eigenvalue weighted by atomic mass is 10.2. The first kappa shape index (κ1) is 12.4. The van der Waals surface area contributed by atoms with E-state index in [0.29, 0.717) is 15.9 Å². The van der Waals surface area contributed by atoms with Crippen LogP contribution in [-0.4, -0.2) is 11.1 Å². The molecule has 0 aliphatic rings. The van der Waals surface area contributed by atoms with Crippen molar-refractivity contribution in [2.24, 2.45) is 0 Å². The van der Waals surface area contributed by atoms with Crippen molar-refractivity contribution in [2.75, 3.05) is 5.73 Å². The summed E-state index contributed by atoms with van der Waals surface area (Å²) in [6, 6.07) is 11.2. The Morgan fingerprint density at radius 2 is 1.94 bits per heavy atom. The highest BCUT2D eigenvalue weighted by atomic mass is 79.9. The molecule has 0 heterocycles. The number of halogens is 1. The molecule has 0 spiro atoms. The number of anilines is 1. The standard InChI is InChI=1S/C13H10BrNO3/c14-10-3-1-2-4-12(10)18-13(17)9-6-5-8(15)7-11(9)16/h1-7,16H,15H2. The summed E-state index contributed by atoms with van der Waals surface area (Å²) in [4.78, 5) is 11.9. The van der Waals surface area contributed by atoms with Crippen LogP contribution in [0.1, 0.15) is 10.4 Å². The Balaban J connectivity index is 2.25. The first-order valence-corrected chi connectivity index (χ1v) is 5.92. The second-order valence-corrected chi connectivity index (χ2v) is 4.45. The van der Waals surface area contributed by atoms with E-state index in [1.165, 1.54) is 18.2 Å². The molecule has 92 valence electrons. The molecule has 2 rings (SSSR count). The molecule has 2 aromatic carbocycles. The number of phenolic OH excluding ortho intramolecular Hbond substituents is 1. The van der Waals surface area contributed by atoms with E-state index in [4.69, 9.17) is 10.5 Å². The van der Waals surface area contributed by atoms with E-state index >= 15 is 0 Å². The molecule has 0 aromatic heterocycles. The third kappa shape index (κ3) is 2.62. The average Bonchev–Trinajstić information content (AvgIpc) is 2.32. The van der Waals surface area contributed by atoms with Crippen LogP contribution in [0.5, 0.6) is 11.5 Å². The quantitative estimate of drug-likeness (QED) is 0.508. The number of hydrogen-bond donors (Lipinski definition) is 2. The Bertz CT molecular complexity index is 599. The number of nitrogens with two attached hydrogens (primary N) is 1. The number of para-hydroxylation sites is 1. The van der Waals surface area contributed by atoms with E-state index in [0.717, 1.165) is 0 Å². The van der Waals surface area contributed by atoms with Crippen LogP contribution in [0.15, 0.2) is 46.9 Å². The number of rotatable bonds is 2. The summed E-state index contributed by atoms with van der Waals surface area (Å²) in [6.07, 6.45) is 0. The van der Waals surface area contributed by atoms with E-state index in [1.54, 1.807) is 18.2 Å². The van der Waals surface area contributed by atoms with Gasteiger partial charge in [-0.1, -0.05) is 12.1 Å². The molecule has 0 saturated heterocycles. The fourth-order valence-corrected chi connectivity index (χ4v) is 1.77. The number of carbonyl (C=O) groups excluding carboxylic acids is 1. The molecule has 0 aliphatic heterocycles. The van der Waals surface area contributed by atoms with E-state index in [-0.39, 0.29) is 11.3 Å². The maximum atomic E-state index is 11.9. The van der Waals surface area contributed by atoms with Crippen LogP contribution < -0.4 is 10.5 Å². The predicted octanol–water partition coefficient (Wildman–Crippen LogP) is 2.96. The number of phenols is 1. The number of esters is 1. The Morgan fingerprint density at radius 1 is 1.22 bits per heavy atom. The Hall–Kier alpha value is -2.01. The van der Waals surface area contributed by atoms with Crippen LogP contribution >= 0.6 is 15.9 Å². The summed E-state index contributed by atoms with van der Waals surface area (Å²) in [5.74, 6) is -0.454. The van der Waals surface area contributed by atoms with Gasteiger partial charge < -0.3 is 15.6 Å². The summed E-state index contributed by atoms with van der Waals surface area (Å²) in [5, 5.41) is 9.62. The van der Waals surface area contributed by atoms with E-state index < -0.39 is 5.97 Å². The Morgan fingerprint density at radius 3 is 2.61 bits per heavy atom. The maximum absolute atomic E-state index is 11.9. The molecule has 4 nitrogen and oxygen atoms in total. The molecular formula is C13H10BrNO3. The summed E-state index contributed by atoms with van der Waals surface area (Å²) in [5.41, 5.74) is 5.93. The lowest BCUT2D eigenvalue weighted by Gasteiger charge is -2.07. The van der Waals surface area contributed by atoms with Gasteiger partial charge in [0.05, 0.1) is 4.47 Å². The van der Waals surface area contributed by atoms with Crippen molar-refractivity contribution in [2.45, 2.75) is 0 Å². The number of ether oxygens (including phenoxy) is 1. The maximum Gasteiger partial charge on any atom is 0.347 e. The third-order valence-electron chi connectivity index (χ3n) is 2.28. The highest BCUT2D eigenvalue weighted by molar-refractivity contribution is 9.10. The lowest BCUT2D eigenvalue weighted by Crippen LogP contribution is -2.09. The van der Waals surface area contributed by atoms with Gasteiger partial charge in [0.15, 0.2) is 0 Å². The highest BCUT2D eigenvalue weighted by Crippen LogP contribution is 2.27. The van der Waals surface area contributed by atoms with Crippen LogP contribution in [0.4, 0.5) is 5.69 Å². The van der Waals surface area contributed by atoms with Crippen LogP contribution in [0, 0.1) is 0 Å². The highest BCUT2D eigenvalue weighted by Gasteiger charge is 2.14. The molecular weight excluding hydrogens is 298 g/mol. The molecule has 5 heteroatoms. The van der Waals surface area contributed by atoms with Gasteiger partial charge in [0.25, 0.3) is 0 Å². The van der Waals surface area contributed by atoms with Crippen molar-refractivity contribution in [1.82, 2.24) is 0 Å². The minimum atomic E-state index is -0.639. The van der Waals surface area contributed by atoms with Gasteiger partial charge in [-0.25, -0.2) is 4.79 Å². The van der Waals surface area contributed by atoms with Gasteiger partial charge in [-0.2, -0.15) is 0 Å². The van der Waals surface area contributed by atoms with Gasteiger partial charge in [0, 0.05) is 11.8 Å². The predicted molar refractivity (Wildman–Crippen MR) is 71.6 cm³/mol. The van der Waals surface area contributed by atoms with Crippen molar-refractivity contribution in [3.63, 3.8) is 0 Å². The second-order valence-electron chi connectivity index (χ2n) is 3.60. The third-order valence-corrected chi connectivity index (χ3v) is 2.94. The van der Waals surface area contributed by atoms with Crippen LogP contribution in [0.3, 0.4) is 0 Å². The smallest absolute Gasteiger partial charge is 0.347 e. The van der Waals surface area contributed by atoms with Crippen molar-refractivity contribution >= 4 is 27.6 Å². The minimum absolute atomic E-state index is 0.0694. The molecule has 0 bridgehead atoms. The summed E-state index contributed by atoms with van der Waals surface area (Å²) >= 11 is 3.27. The van der Waals surface area contributed by atoms with Crippen LogP contribution in [-0.2, 0) is 0 Å². The monoisotopic (exact) mass is 307 g/mol. The molecule has 3 N–H and O–H groups in total. The van der Waals surface area contributed by atoms with Gasteiger partial charge in [-0.3, -0.25) is 0 Å². The van der Waals surface area contributed by atoms with Gasteiger partial charge in [0.2, 0.25) is 0 Å². The number of carbonyl (C=O) groups is 1. The topological polar surface area (TPSA) is 72.6 Å². The van der Waals surface area contributed by atoms with E-state index in [9.17, 15) is 9.90 Å². The minimum Gasteiger partial charge on any atom is -0.507 e. The fraction of sp³-hybridized carbons (Fsp3) is 0.